The summed E-state index contributed by atoms with van der Waals surface area (Å²) in [4.78, 5) is 20.2. The Morgan fingerprint density at radius 2 is 2.00 bits per heavy atom. The average molecular weight is 330 g/mol. The van der Waals surface area contributed by atoms with Crippen LogP contribution in [0.1, 0.15) is 63.1 Å². The lowest BCUT2D eigenvalue weighted by Gasteiger charge is -2.23. The number of rotatable bonds is 3. The summed E-state index contributed by atoms with van der Waals surface area (Å²) in [5, 5.41) is 11.5. The van der Waals surface area contributed by atoms with E-state index in [1.165, 1.54) is 5.71 Å². The van der Waals surface area contributed by atoms with Gasteiger partial charge in [0.1, 0.15) is 11.3 Å². The Morgan fingerprint density at radius 3 is 2.50 bits per heavy atom. The average Bonchev–Trinajstić information content (AvgIpc) is 3.04. The summed E-state index contributed by atoms with van der Waals surface area (Å²) in [6, 6.07) is 1.88. The maximum Gasteiger partial charge on any atom is 0.274 e. The standard InChI is InChI=1S/C18H26N4O2/c1-10(2)13-6-14(20-19-13)16(23)22-8-11-12(9-22)18(11,5)15-7-17(3,4)24-21-15/h6,10-12H,7-9H2,1-5H3,(H,19,20)/t11-,12+,18?. The van der Waals surface area contributed by atoms with E-state index in [1.807, 2.05) is 11.0 Å². The van der Waals surface area contributed by atoms with E-state index in [0.717, 1.165) is 25.2 Å². The number of carbonyl (C=O) groups excluding carboxylic acids is 1. The van der Waals surface area contributed by atoms with Gasteiger partial charge in [-0.05, 0) is 37.7 Å². The molecule has 0 spiro atoms. The Hall–Kier alpha value is -1.85. The van der Waals surface area contributed by atoms with Crippen molar-refractivity contribution < 1.29 is 9.63 Å². The fourth-order valence-electron chi connectivity index (χ4n) is 4.31. The van der Waals surface area contributed by atoms with E-state index in [2.05, 4.69) is 50.0 Å². The first-order chi connectivity index (χ1) is 11.2. The molecule has 24 heavy (non-hydrogen) atoms. The number of oxime groups is 1. The Bertz CT molecular complexity index is 706. The number of carbonyl (C=O) groups is 1. The summed E-state index contributed by atoms with van der Waals surface area (Å²) < 4.78 is 0. The molecular formula is C18H26N4O2. The third-order valence-corrected chi connectivity index (χ3v) is 6.10. The minimum atomic E-state index is -0.187. The molecule has 130 valence electrons. The van der Waals surface area contributed by atoms with Gasteiger partial charge in [0.15, 0.2) is 0 Å². The Morgan fingerprint density at radius 1 is 1.33 bits per heavy atom. The van der Waals surface area contributed by atoms with Crippen LogP contribution in [0.3, 0.4) is 0 Å². The van der Waals surface area contributed by atoms with Crippen LogP contribution in [-0.2, 0) is 4.84 Å². The summed E-state index contributed by atoms with van der Waals surface area (Å²) in [6.45, 7) is 12.2. The molecule has 6 heteroatoms. The maximum atomic E-state index is 12.7. The van der Waals surface area contributed by atoms with E-state index in [9.17, 15) is 4.79 Å². The monoisotopic (exact) mass is 330 g/mol. The van der Waals surface area contributed by atoms with Crippen molar-refractivity contribution in [1.29, 1.82) is 0 Å². The van der Waals surface area contributed by atoms with E-state index < -0.39 is 0 Å². The van der Waals surface area contributed by atoms with Gasteiger partial charge in [0.05, 0.1) is 5.71 Å². The summed E-state index contributed by atoms with van der Waals surface area (Å²) in [5.74, 6) is 1.39. The van der Waals surface area contributed by atoms with Gasteiger partial charge in [0.25, 0.3) is 5.91 Å². The smallest absolute Gasteiger partial charge is 0.274 e. The molecule has 1 amide bonds. The van der Waals surface area contributed by atoms with Crippen molar-refractivity contribution in [2.24, 2.45) is 22.4 Å². The second kappa shape index (κ2) is 4.83. The molecule has 1 N–H and O–H groups in total. The third-order valence-electron chi connectivity index (χ3n) is 6.10. The molecule has 3 atom stereocenters. The number of hydrogen-bond acceptors (Lipinski definition) is 4. The lowest BCUT2D eigenvalue weighted by molar-refractivity contribution is 0.0123. The van der Waals surface area contributed by atoms with Crippen molar-refractivity contribution in [1.82, 2.24) is 15.1 Å². The SMILES string of the molecule is CC(C)c1cc(C(=O)N2C[C@@H]3[C@H](C2)C3(C)C2=NOC(C)(C)C2)n[nH]1. The number of nitrogens with zero attached hydrogens (tertiary/aromatic N) is 3. The topological polar surface area (TPSA) is 70.6 Å². The van der Waals surface area contributed by atoms with Gasteiger partial charge in [0.2, 0.25) is 0 Å². The summed E-state index contributed by atoms with van der Waals surface area (Å²) >= 11 is 0. The Balaban J connectivity index is 1.42. The van der Waals surface area contributed by atoms with Crippen LogP contribution in [0.2, 0.25) is 0 Å². The summed E-state index contributed by atoms with van der Waals surface area (Å²) in [6.07, 6.45) is 0.890. The largest absolute Gasteiger partial charge is 0.389 e. The molecule has 0 bridgehead atoms. The second-order valence-electron chi connectivity index (χ2n) is 8.63. The zero-order valence-corrected chi connectivity index (χ0v) is 15.1. The van der Waals surface area contributed by atoms with Gasteiger partial charge in [-0.15, -0.1) is 0 Å². The molecule has 1 aliphatic carbocycles. The molecule has 3 aliphatic rings. The van der Waals surface area contributed by atoms with Crippen molar-refractivity contribution in [2.45, 2.75) is 52.6 Å². The van der Waals surface area contributed by atoms with Crippen LogP contribution in [0.5, 0.6) is 0 Å². The fraction of sp³-hybridized carbons (Fsp3) is 0.722. The quantitative estimate of drug-likeness (QED) is 0.926. The highest BCUT2D eigenvalue weighted by Crippen LogP contribution is 2.64. The first-order valence-corrected chi connectivity index (χ1v) is 8.82. The van der Waals surface area contributed by atoms with E-state index in [1.54, 1.807) is 0 Å². The van der Waals surface area contributed by atoms with Crippen LogP contribution in [0.25, 0.3) is 0 Å². The molecule has 1 saturated heterocycles. The van der Waals surface area contributed by atoms with Crippen LogP contribution >= 0.6 is 0 Å². The van der Waals surface area contributed by atoms with Crippen LogP contribution in [0.4, 0.5) is 0 Å². The van der Waals surface area contributed by atoms with Gasteiger partial charge in [-0.25, -0.2) is 0 Å². The number of piperidine rings is 1. The van der Waals surface area contributed by atoms with Gasteiger partial charge in [-0.2, -0.15) is 5.10 Å². The lowest BCUT2D eigenvalue weighted by atomic mass is 9.88. The first-order valence-electron chi connectivity index (χ1n) is 8.82. The molecule has 2 fully saturated rings. The molecule has 0 radical (unpaired) electrons. The lowest BCUT2D eigenvalue weighted by Crippen LogP contribution is -2.36. The van der Waals surface area contributed by atoms with E-state index in [-0.39, 0.29) is 16.9 Å². The van der Waals surface area contributed by atoms with Crippen molar-refractivity contribution in [2.75, 3.05) is 13.1 Å². The van der Waals surface area contributed by atoms with Crippen LogP contribution < -0.4 is 0 Å². The van der Waals surface area contributed by atoms with E-state index in [4.69, 9.17) is 4.84 Å². The van der Waals surface area contributed by atoms with Gasteiger partial charge in [-0.3, -0.25) is 9.89 Å². The predicted molar refractivity (Wildman–Crippen MR) is 90.9 cm³/mol. The zero-order valence-electron chi connectivity index (χ0n) is 15.1. The fourth-order valence-corrected chi connectivity index (χ4v) is 4.31. The number of aromatic amines is 1. The number of nitrogens with one attached hydrogen (secondary N) is 1. The number of hydrogen-bond donors (Lipinski definition) is 1. The summed E-state index contributed by atoms with van der Waals surface area (Å²) in [5.41, 5.74) is 2.64. The molecule has 1 aromatic rings. The van der Waals surface area contributed by atoms with Crippen molar-refractivity contribution in [3.8, 4) is 0 Å². The van der Waals surface area contributed by atoms with E-state index in [0.29, 0.717) is 23.4 Å². The highest BCUT2D eigenvalue weighted by atomic mass is 16.7. The molecule has 0 aromatic carbocycles. The Labute approximate surface area is 142 Å². The molecule has 6 nitrogen and oxygen atoms in total. The number of likely N-dealkylation sites (tertiary alicyclic amines) is 1. The first kappa shape index (κ1) is 15.7. The number of fused-ring (bicyclic) bond motifs is 1. The number of aromatic nitrogens is 2. The molecule has 4 rings (SSSR count). The molecule has 2 aliphatic heterocycles. The third kappa shape index (κ3) is 2.19. The van der Waals surface area contributed by atoms with Gasteiger partial charge >= 0.3 is 0 Å². The van der Waals surface area contributed by atoms with Gasteiger partial charge in [0, 0.05) is 30.6 Å². The van der Waals surface area contributed by atoms with Crippen molar-refractivity contribution >= 4 is 11.6 Å². The molecule has 1 unspecified atom stereocenters. The minimum absolute atomic E-state index is 0.0395. The highest BCUT2D eigenvalue weighted by molar-refractivity contribution is 5.96. The van der Waals surface area contributed by atoms with Gasteiger partial charge < -0.3 is 9.74 Å². The predicted octanol–water partition coefficient (Wildman–Crippen LogP) is 2.80. The van der Waals surface area contributed by atoms with E-state index >= 15 is 0 Å². The molecule has 1 saturated carbocycles. The highest BCUT2D eigenvalue weighted by Gasteiger charge is 2.69. The number of amides is 1. The van der Waals surface area contributed by atoms with Crippen molar-refractivity contribution in [3.63, 3.8) is 0 Å². The van der Waals surface area contributed by atoms with Gasteiger partial charge in [-0.1, -0.05) is 25.9 Å². The van der Waals surface area contributed by atoms with Crippen LogP contribution in [-0.4, -0.2) is 45.4 Å². The van der Waals surface area contributed by atoms with Crippen molar-refractivity contribution in [3.05, 3.63) is 17.5 Å². The number of H-pyrrole nitrogens is 1. The minimum Gasteiger partial charge on any atom is -0.389 e. The van der Waals surface area contributed by atoms with Crippen LogP contribution in [0, 0.1) is 17.3 Å². The Kier molecular flexibility index (Phi) is 3.15. The molecule has 3 heterocycles. The van der Waals surface area contributed by atoms with Crippen LogP contribution in [0.15, 0.2) is 11.2 Å². The normalized spacial score (nSPS) is 33.4. The molecule has 1 aromatic heterocycles. The maximum absolute atomic E-state index is 12.7. The second-order valence-corrected chi connectivity index (χ2v) is 8.63. The zero-order chi connectivity index (χ0) is 17.3. The summed E-state index contributed by atoms with van der Waals surface area (Å²) in [7, 11) is 0. The molecular weight excluding hydrogens is 304 g/mol.